The van der Waals surface area contributed by atoms with Gasteiger partial charge in [0.05, 0.1) is 30.3 Å². The largest absolute Gasteiger partial charge is 0.573 e. The van der Waals surface area contributed by atoms with E-state index in [1.165, 1.54) is 12.1 Å². The molecular weight excluding hydrogens is 377 g/mol. The molecule has 1 aliphatic heterocycles. The summed E-state index contributed by atoms with van der Waals surface area (Å²) in [6, 6.07) is 4.86. The number of nitrogens with one attached hydrogen (secondary N) is 1. The highest BCUT2D eigenvalue weighted by molar-refractivity contribution is 6.05. The van der Waals surface area contributed by atoms with Crippen molar-refractivity contribution < 1.29 is 27.4 Å². The van der Waals surface area contributed by atoms with Crippen molar-refractivity contribution in [3.63, 3.8) is 0 Å². The SMILES string of the molecule is Cc1nc(N2CCOCC2)nc(C)c1NC(=O)c1cccc(OC(F)(F)F)c1. The van der Waals surface area contributed by atoms with Gasteiger partial charge in [0.2, 0.25) is 5.95 Å². The molecule has 1 aromatic carbocycles. The summed E-state index contributed by atoms with van der Waals surface area (Å²) >= 11 is 0. The van der Waals surface area contributed by atoms with Crippen molar-refractivity contribution in [3.05, 3.63) is 41.2 Å². The summed E-state index contributed by atoms with van der Waals surface area (Å²) in [5, 5.41) is 2.67. The van der Waals surface area contributed by atoms with Crippen LogP contribution in [0.4, 0.5) is 24.8 Å². The van der Waals surface area contributed by atoms with Crippen LogP contribution in [-0.2, 0) is 4.74 Å². The molecule has 0 unspecified atom stereocenters. The second kappa shape index (κ2) is 8.01. The molecule has 3 rings (SSSR count). The number of carbonyl (C=O) groups excluding carboxylic acids is 1. The van der Waals surface area contributed by atoms with Gasteiger partial charge in [-0.1, -0.05) is 6.07 Å². The summed E-state index contributed by atoms with van der Waals surface area (Å²) in [5.74, 6) is -0.495. The average molecular weight is 396 g/mol. The molecule has 0 atom stereocenters. The number of nitrogens with zero attached hydrogens (tertiary/aromatic N) is 3. The van der Waals surface area contributed by atoms with Crippen LogP contribution in [0.1, 0.15) is 21.7 Å². The number of anilines is 2. The molecule has 1 aliphatic rings. The number of hydrogen-bond acceptors (Lipinski definition) is 6. The second-order valence-electron chi connectivity index (χ2n) is 6.20. The Morgan fingerprint density at radius 1 is 1.18 bits per heavy atom. The molecule has 0 spiro atoms. The van der Waals surface area contributed by atoms with Crippen LogP contribution in [0.3, 0.4) is 0 Å². The van der Waals surface area contributed by atoms with E-state index in [0.29, 0.717) is 49.3 Å². The Balaban J connectivity index is 1.78. The number of amides is 1. The van der Waals surface area contributed by atoms with Crippen LogP contribution in [0.15, 0.2) is 24.3 Å². The zero-order chi connectivity index (χ0) is 20.3. The van der Waals surface area contributed by atoms with Crippen LogP contribution < -0.4 is 15.0 Å². The zero-order valence-corrected chi connectivity index (χ0v) is 15.3. The first-order valence-electron chi connectivity index (χ1n) is 8.58. The molecule has 1 saturated heterocycles. The third-order valence-electron chi connectivity index (χ3n) is 4.12. The van der Waals surface area contributed by atoms with Gasteiger partial charge in [-0.2, -0.15) is 0 Å². The number of rotatable bonds is 4. The van der Waals surface area contributed by atoms with Crippen LogP contribution in [0.5, 0.6) is 5.75 Å². The highest BCUT2D eigenvalue weighted by Crippen LogP contribution is 2.25. The summed E-state index contributed by atoms with van der Waals surface area (Å²) in [6.45, 7) is 6.01. The van der Waals surface area contributed by atoms with Crippen molar-refractivity contribution >= 4 is 17.5 Å². The van der Waals surface area contributed by atoms with E-state index in [2.05, 4.69) is 20.0 Å². The minimum Gasteiger partial charge on any atom is -0.406 e. The van der Waals surface area contributed by atoms with E-state index in [9.17, 15) is 18.0 Å². The molecule has 2 aromatic rings. The Labute approximate surface area is 159 Å². The molecule has 0 bridgehead atoms. The maximum absolute atomic E-state index is 12.5. The van der Waals surface area contributed by atoms with E-state index in [0.717, 1.165) is 12.1 Å². The third-order valence-corrected chi connectivity index (χ3v) is 4.12. The van der Waals surface area contributed by atoms with E-state index < -0.39 is 18.0 Å². The monoisotopic (exact) mass is 396 g/mol. The molecule has 10 heteroatoms. The highest BCUT2D eigenvalue weighted by Gasteiger charge is 2.31. The van der Waals surface area contributed by atoms with Crippen LogP contribution in [-0.4, -0.2) is 48.5 Å². The number of carbonyl (C=O) groups is 1. The number of ether oxygens (including phenoxy) is 2. The summed E-state index contributed by atoms with van der Waals surface area (Å²) < 4.78 is 46.3. The molecule has 0 saturated carbocycles. The Morgan fingerprint density at radius 2 is 1.82 bits per heavy atom. The quantitative estimate of drug-likeness (QED) is 0.856. The number of halogens is 3. The van der Waals surface area contributed by atoms with Gasteiger partial charge in [-0.3, -0.25) is 4.79 Å². The number of benzene rings is 1. The van der Waals surface area contributed by atoms with Gasteiger partial charge in [-0.25, -0.2) is 9.97 Å². The van der Waals surface area contributed by atoms with E-state index in [1.807, 2.05) is 4.90 Å². The first kappa shape index (κ1) is 19.9. The Bertz CT molecular complexity index is 844. The van der Waals surface area contributed by atoms with Crippen molar-refractivity contribution in [2.45, 2.75) is 20.2 Å². The van der Waals surface area contributed by atoms with E-state index >= 15 is 0 Å². The topological polar surface area (TPSA) is 76.6 Å². The Hall–Kier alpha value is -2.88. The molecule has 1 fully saturated rings. The van der Waals surface area contributed by atoms with Crippen molar-refractivity contribution in [3.8, 4) is 5.75 Å². The van der Waals surface area contributed by atoms with Crippen LogP contribution in [0.25, 0.3) is 0 Å². The first-order chi connectivity index (χ1) is 13.2. The predicted octanol–water partition coefficient (Wildman–Crippen LogP) is 3.08. The molecule has 1 N–H and O–H groups in total. The van der Waals surface area contributed by atoms with Crippen molar-refractivity contribution in [1.82, 2.24) is 9.97 Å². The molecule has 2 heterocycles. The van der Waals surface area contributed by atoms with Crippen molar-refractivity contribution in [2.24, 2.45) is 0 Å². The minimum absolute atomic E-state index is 0.0257. The fourth-order valence-electron chi connectivity index (χ4n) is 2.80. The van der Waals surface area contributed by atoms with Gasteiger partial charge in [0.25, 0.3) is 5.91 Å². The fourth-order valence-corrected chi connectivity index (χ4v) is 2.80. The van der Waals surface area contributed by atoms with Gasteiger partial charge in [0.1, 0.15) is 5.75 Å². The van der Waals surface area contributed by atoms with E-state index in [-0.39, 0.29) is 5.56 Å². The molecule has 150 valence electrons. The number of hydrogen-bond donors (Lipinski definition) is 1. The van der Waals surface area contributed by atoms with Gasteiger partial charge in [-0.15, -0.1) is 13.2 Å². The van der Waals surface area contributed by atoms with Gasteiger partial charge < -0.3 is 19.7 Å². The second-order valence-corrected chi connectivity index (χ2v) is 6.20. The summed E-state index contributed by atoms with van der Waals surface area (Å²) in [7, 11) is 0. The van der Waals surface area contributed by atoms with Crippen molar-refractivity contribution in [2.75, 3.05) is 36.5 Å². The maximum atomic E-state index is 12.5. The summed E-state index contributed by atoms with van der Waals surface area (Å²) in [4.78, 5) is 23.4. The summed E-state index contributed by atoms with van der Waals surface area (Å²) in [5.41, 5.74) is 1.57. The third kappa shape index (κ3) is 4.89. The lowest BCUT2D eigenvalue weighted by molar-refractivity contribution is -0.274. The molecular formula is C18H19F3N4O3. The average Bonchev–Trinajstić information content (AvgIpc) is 2.64. The van der Waals surface area contributed by atoms with E-state index in [1.54, 1.807) is 13.8 Å². The van der Waals surface area contributed by atoms with Gasteiger partial charge in [0, 0.05) is 18.7 Å². The van der Waals surface area contributed by atoms with Gasteiger partial charge in [-0.05, 0) is 32.0 Å². The summed E-state index contributed by atoms with van der Waals surface area (Å²) in [6.07, 6.45) is -4.83. The van der Waals surface area contributed by atoms with E-state index in [4.69, 9.17) is 4.74 Å². The maximum Gasteiger partial charge on any atom is 0.573 e. The number of aryl methyl sites for hydroxylation is 2. The van der Waals surface area contributed by atoms with Crippen molar-refractivity contribution in [1.29, 1.82) is 0 Å². The molecule has 1 aromatic heterocycles. The highest BCUT2D eigenvalue weighted by atomic mass is 19.4. The zero-order valence-electron chi connectivity index (χ0n) is 15.3. The lowest BCUT2D eigenvalue weighted by Gasteiger charge is -2.27. The normalized spacial score (nSPS) is 14.7. The molecule has 7 nitrogen and oxygen atoms in total. The lowest BCUT2D eigenvalue weighted by Crippen LogP contribution is -2.37. The first-order valence-corrected chi connectivity index (χ1v) is 8.58. The van der Waals surface area contributed by atoms with Gasteiger partial charge in [0.15, 0.2) is 0 Å². The number of morpholine rings is 1. The van der Waals surface area contributed by atoms with Gasteiger partial charge >= 0.3 is 6.36 Å². The van der Waals surface area contributed by atoms with Crippen LogP contribution >= 0.6 is 0 Å². The predicted molar refractivity (Wildman–Crippen MR) is 95.6 cm³/mol. The molecule has 1 amide bonds. The number of aromatic nitrogens is 2. The van der Waals surface area contributed by atoms with Crippen LogP contribution in [0.2, 0.25) is 0 Å². The Kier molecular flexibility index (Phi) is 5.68. The number of alkyl halides is 3. The standard InChI is InChI=1S/C18H19F3N4O3/c1-11-15(12(2)23-17(22-11)25-6-8-27-9-7-25)24-16(26)13-4-3-5-14(10-13)28-18(19,20)21/h3-5,10H,6-9H2,1-2H3,(H,24,26). The molecule has 0 aliphatic carbocycles. The molecule has 28 heavy (non-hydrogen) atoms. The smallest absolute Gasteiger partial charge is 0.406 e. The Morgan fingerprint density at radius 3 is 2.43 bits per heavy atom. The lowest BCUT2D eigenvalue weighted by atomic mass is 10.2. The molecule has 0 radical (unpaired) electrons. The minimum atomic E-state index is -4.83. The van der Waals surface area contributed by atoms with Crippen LogP contribution in [0, 0.1) is 13.8 Å². The fraction of sp³-hybridized carbons (Fsp3) is 0.389.